The van der Waals surface area contributed by atoms with Crippen molar-refractivity contribution in [3.63, 3.8) is 0 Å². The summed E-state index contributed by atoms with van der Waals surface area (Å²) in [6.07, 6.45) is 2.08. The van der Waals surface area contributed by atoms with E-state index in [1.54, 1.807) is 0 Å². The van der Waals surface area contributed by atoms with Crippen LogP contribution in [0.1, 0.15) is 12.8 Å². The van der Waals surface area contributed by atoms with Crippen molar-refractivity contribution in [1.29, 1.82) is 0 Å². The molecule has 0 amide bonds. The number of nitrogens with zero attached hydrogens (tertiary/aromatic N) is 2. The number of piperidine rings is 1. The van der Waals surface area contributed by atoms with E-state index < -0.39 is 14.9 Å². The highest BCUT2D eigenvalue weighted by Gasteiger charge is 2.21. The molecule has 1 aliphatic heterocycles. The molecule has 2 rings (SSSR count). The minimum atomic E-state index is -3.61. The second kappa shape index (κ2) is 6.50. The minimum Gasteiger partial charge on any atom is -0.306 e. The Bertz CT molecular complexity index is 600. The van der Waals surface area contributed by atoms with E-state index in [1.165, 1.54) is 24.3 Å². The van der Waals surface area contributed by atoms with E-state index in [9.17, 15) is 18.5 Å². The summed E-state index contributed by atoms with van der Waals surface area (Å²) >= 11 is 0. The van der Waals surface area contributed by atoms with Gasteiger partial charge in [0.2, 0.25) is 10.0 Å². The van der Waals surface area contributed by atoms with Gasteiger partial charge in [0.15, 0.2) is 0 Å². The van der Waals surface area contributed by atoms with Crippen LogP contribution in [-0.2, 0) is 10.0 Å². The fourth-order valence-corrected chi connectivity index (χ4v) is 3.61. The average Bonchev–Trinajstić information content (AvgIpc) is 2.45. The van der Waals surface area contributed by atoms with E-state index in [2.05, 4.69) is 9.62 Å². The van der Waals surface area contributed by atoms with E-state index in [-0.39, 0.29) is 10.6 Å². The maximum atomic E-state index is 12.1. The maximum absolute atomic E-state index is 12.1. The molecule has 0 radical (unpaired) electrons. The molecule has 116 valence electrons. The summed E-state index contributed by atoms with van der Waals surface area (Å²) in [5.74, 6) is 0.302. The number of rotatable bonds is 5. The van der Waals surface area contributed by atoms with Gasteiger partial charge in [-0.25, -0.2) is 13.1 Å². The van der Waals surface area contributed by atoms with E-state index in [0.717, 1.165) is 25.9 Å². The van der Waals surface area contributed by atoms with E-state index >= 15 is 0 Å². The van der Waals surface area contributed by atoms with Crippen LogP contribution in [0.2, 0.25) is 0 Å². The Hall–Kier alpha value is -1.51. The van der Waals surface area contributed by atoms with Gasteiger partial charge in [-0.2, -0.15) is 0 Å². The summed E-state index contributed by atoms with van der Waals surface area (Å²) in [5, 5.41) is 10.6. The molecule has 21 heavy (non-hydrogen) atoms. The molecule has 1 aliphatic rings. The molecule has 1 N–H and O–H groups in total. The molecular formula is C13H19N3O4S. The molecule has 1 atom stereocenters. The van der Waals surface area contributed by atoms with Crippen molar-refractivity contribution in [2.24, 2.45) is 5.92 Å². The normalized spacial score (nSPS) is 20.3. The van der Waals surface area contributed by atoms with Crippen LogP contribution in [0.15, 0.2) is 29.2 Å². The molecule has 0 unspecified atom stereocenters. The van der Waals surface area contributed by atoms with Gasteiger partial charge in [0, 0.05) is 25.2 Å². The number of nitro benzene ring substituents is 1. The fourth-order valence-electron chi connectivity index (χ4n) is 2.50. The smallest absolute Gasteiger partial charge is 0.269 e. The van der Waals surface area contributed by atoms with Crippen LogP contribution in [-0.4, -0.2) is 44.9 Å². The average molecular weight is 313 g/mol. The highest BCUT2D eigenvalue weighted by molar-refractivity contribution is 7.89. The summed E-state index contributed by atoms with van der Waals surface area (Å²) in [6.45, 7) is 2.32. The highest BCUT2D eigenvalue weighted by Crippen LogP contribution is 2.17. The predicted molar refractivity (Wildman–Crippen MR) is 78.5 cm³/mol. The fraction of sp³-hybridized carbons (Fsp3) is 0.538. The Labute approximate surface area is 124 Å². The summed E-state index contributed by atoms with van der Waals surface area (Å²) in [6, 6.07) is 4.91. The standard InChI is InChI=1S/C13H19N3O4S/c1-15-8-2-3-11(10-15)9-14-21(19,20)13-6-4-12(5-7-13)16(17)18/h4-7,11,14H,2-3,8-10H2,1H3/t11-/m1/s1. The molecule has 1 heterocycles. The molecule has 1 fully saturated rings. The molecule has 1 aromatic rings. The summed E-state index contributed by atoms with van der Waals surface area (Å²) < 4.78 is 26.9. The molecule has 0 bridgehead atoms. The molecule has 0 saturated carbocycles. The molecule has 0 spiro atoms. The SMILES string of the molecule is CN1CCC[C@H](CNS(=O)(=O)c2ccc([N+](=O)[O-])cc2)C1. The quantitative estimate of drug-likeness (QED) is 0.651. The number of nitrogens with one attached hydrogen (secondary N) is 1. The number of hydrogen-bond donors (Lipinski definition) is 1. The van der Waals surface area contributed by atoms with Gasteiger partial charge < -0.3 is 4.90 Å². The van der Waals surface area contributed by atoms with Gasteiger partial charge in [0.25, 0.3) is 5.69 Å². The topological polar surface area (TPSA) is 92.6 Å². The third-order valence-electron chi connectivity index (χ3n) is 3.64. The van der Waals surface area contributed by atoms with Crippen LogP contribution in [0.3, 0.4) is 0 Å². The Morgan fingerprint density at radius 1 is 1.38 bits per heavy atom. The third-order valence-corrected chi connectivity index (χ3v) is 5.08. The Balaban J connectivity index is 1.99. The van der Waals surface area contributed by atoms with Gasteiger partial charge in [0.05, 0.1) is 9.82 Å². The zero-order valence-corrected chi connectivity index (χ0v) is 12.7. The molecule has 7 nitrogen and oxygen atoms in total. The van der Waals surface area contributed by atoms with Gasteiger partial charge in [-0.05, 0) is 44.5 Å². The first-order valence-electron chi connectivity index (χ1n) is 6.81. The summed E-state index contributed by atoms with van der Waals surface area (Å²) in [7, 11) is -1.59. The first-order chi connectivity index (χ1) is 9.88. The summed E-state index contributed by atoms with van der Waals surface area (Å²) in [5.41, 5.74) is -0.122. The van der Waals surface area contributed by atoms with Crippen molar-refractivity contribution in [2.75, 3.05) is 26.7 Å². The lowest BCUT2D eigenvalue weighted by Gasteiger charge is -2.29. The zero-order valence-electron chi connectivity index (χ0n) is 11.9. The minimum absolute atomic E-state index is 0.0530. The number of likely N-dealkylation sites (tertiary alicyclic amines) is 1. The lowest BCUT2D eigenvalue weighted by molar-refractivity contribution is -0.384. The third kappa shape index (κ3) is 4.23. The van der Waals surface area contributed by atoms with Crippen LogP contribution < -0.4 is 4.72 Å². The number of nitro groups is 1. The van der Waals surface area contributed by atoms with E-state index in [1.807, 2.05) is 7.05 Å². The van der Waals surface area contributed by atoms with Gasteiger partial charge in [-0.1, -0.05) is 0 Å². The number of benzene rings is 1. The lowest BCUT2D eigenvalue weighted by Crippen LogP contribution is -2.39. The predicted octanol–water partition coefficient (Wildman–Crippen LogP) is 1.21. The van der Waals surface area contributed by atoms with Crippen LogP contribution in [0, 0.1) is 16.0 Å². The molecule has 0 aromatic heterocycles. The number of hydrogen-bond acceptors (Lipinski definition) is 5. The molecule has 1 saturated heterocycles. The van der Waals surface area contributed by atoms with Crippen LogP contribution in [0.25, 0.3) is 0 Å². The summed E-state index contributed by atoms with van der Waals surface area (Å²) in [4.78, 5) is 12.2. The zero-order chi connectivity index (χ0) is 15.5. The Kier molecular flexibility index (Phi) is 4.92. The van der Waals surface area contributed by atoms with Gasteiger partial charge in [-0.15, -0.1) is 0 Å². The first kappa shape index (κ1) is 15.9. The highest BCUT2D eigenvalue weighted by atomic mass is 32.2. The monoisotopic (exact) mass is 313 g/mol. The van der Waals surface area contributed by atoms with Crippen LogP contribution in [0.4, 0.5) is 5.69 Å². The van der Waals surface area contributed by atoms with E-state index in [0.29, 0.717) is 12.5 Å². The number of non-ortho nitro benzene ring substituents is 1. The number of sulfonamides is 1. The van der Waals surface area contributed by atoms with Crippen molar-refractivity contribution < 1.29 is 13.3 Å². The van der Waals surface area contributed by atoms with Gasteiger partial charge >= 0.3 is 0 Å². The second-order valence-electron chi connectivity index (χ2n) is 5.37. The van der Waals surface area contributed by atoms with Crippen molar-refractivity contribution in [3.05, 3.63) is 34.4 Å². The molecular weight excluding hydrogens is 294 g/mol. The Morgan fingerprint density at radius 2 is 2.05 bits per heavy atom. The maximum Gasteiger partial charge on any atom is 0.269 e. The second-order valence-corrected chi connectivity index (χ2v) is 7.14. The molecule has 8 heteroatoms. The largest absolute Gasteiger partial charge is 0.306 e. The lowest BCUT2D eigenvalue weighted by atomic mass is 9.99. The Morgan fingerprint density at radius 3 is 2.62 bits per heavy atom. The van der Waals surface area contributed by atoms with Gasteiger partial charge in [-0.3, -0.25) is 10.1 Å². The molecule has 0 aliphatic carbocycles. The van der Waals surface area contributed by atoms with Gasteiger partial charge in [0.1, 0.15) is 0 Å². The van der Waals surface area contributed by atoms with Crippen molar-refractivity contribution in [3.8, 4) is 0 Å². The van der Waals surface area contributed by atoms with Crippen LogP contribution in [0.5, 0.6) is 0 Å². The van der Waals surface area contributed by atoms with Crippen LogP contribution >= 0.6 is 0 Å². The van der Waals surface area contributed by atoms with Crippen molar-refractivity contribution in [1.82, 2.24) is 9.62 Å². The van der Waals surface area contributed by atoms with Crippen molar-refractivity contribution in [2.45, 2.75) is 17.7 Å². The first-order valence-corrected chi connectivity index (χ1v) is 8.29. The molecule has 1 aromatic carbocycles. The van der Waals surface area contributed by atoms with Crippen molar-refractivity contribution >= 4 is 15.7 Å². The van der Waals surface area contributed by atoms with E-state index in [4.69, 9.17) is 0 Å².